The van der Waals surface area contributed by atoms with E-state index in [0.717, 1.165) is 38.9 Å². The van der Waals surface area contributed by atoms with Crippen molar-refractivity contribution in [1.29, 1.82) is 0 Å². The molecule has 134 valence electrons. The number of pyridine rings is 1. The van der Waals surface area contributed by atoms with Crippen molar-refractivity contribution in [3.8, 4) is 0 Å². The van der Waals surface area contributed by atoms with Gasteiger partial charge in [0.25, 0.3) is 5.91 Å². The summed E-state index contributed by atoms with van der Waals surface area (Å²) in [4.78, 5) is 17.6. The maximum absolute atomic E-state index is 13.0. The molecule has 0 unspecified atom stereocenters. The number of fused-ring (bicyclic) bond motifs is 2. The number of nitrogens with zero attached hydrogens (tertiary/aromatic N) is 1. The van der Waals surface area contributed by atoms with E-state index in [1.807, 2.05) is 72.8 Å². The van der Waals surface area contributed by atoms with Crippen molar-refractivity contribution in [1.82, 2.24) is 4.98 Å². The molecule has 2 heterocycles. The summed E-state index contributed by atoms with van der Waals surface area (Å²) in [7, 11) is 0. The zero-order valence-corrected chi connectivity index (χ0v) is 15.6. The molecule has 3 nitrogen and oxygen atoms in total. The lowest BCUT2D eigenvalue weighted by Gasteiger charge is -2.14. The van der Waals surface area contributed by atoms with Crippen LogP contribution in [-0.4, -0.2) is 10.9 Å². The molecule has 0 atom stereocenters. The summed E-state index contributed by atoms with van der Waals surface area (Å²) in [5, 5.41) is 4.59. The van der Waals surface area contributed by atoms with Gasteiger partial charge in [-0.15, -0.1) is 0 Å². The summed E-state index contributed by atoms with van der Waals surface area (Å²) in [6, 6.07) is 25.4. The molecule has 1 aliphatic rings. The van der Waals surface area contributed by atoms with Crippen LogP contribution in [-0.2, 0) is 4.79 Å². The minimum absolute atomic E-state index is 0.135. The van der Waals surface area contributed by atoms with Gasteiger partial charge in [-0.2, -0.15) is 0 Å². The molecule has 5 rings (SSSR count). The van der Waals surface area contributed by atoms with Crippen LogP contribution in [0.2, 0.25) is 5.02 Å². The van der Waals surface area contributed by atoms with Gasteiger partial charge >= 0.3 is 0 Å². The van der Waals surface area contributed by atoms with Gasteiger partial charge in [0, 0.05) is 39.0 Å². The zero-order chi connectivity index (χ0) is 19.1. The van der Waals surface area contributed by atoms with Crippen LogP contribution in [0.15, 0.2) is 85.1 Å². The monoisotopic (exact) mass is 382 g/mol. The zero-order valence-electron chi connectivity index (χ0n) is 14.8. The van der Waals surface area contributed by atoms with E-state index in [-0.39, 0.29) is 5.91 Å². The molecule has 1 aromatic heterocycles. The lowest BCUT2D eigenvalue weighted by Crippen LogP contribution is -2.07. The van der Waals surface area contributed by atoms with E-state index >= 15 is 0 Å². The molecular formula is C24H15ClN2O. The summed E-state index contributed by atoms with van der Waals surface area (Å²) >= 11 is 6.25. The number of rotatable bonds is 2. The SMILES string of the molecule is O=C1Nc2ccc(Cl)cc2/C1=C(/c1ccccc1)c1cccc2cccnc12. The Morgan fingerprint density at radius 2 is 1.71 bits per heavy atom. The second-order valence-electron chi connectivity index (χ2n) is 6.64. The fourth-order valence-corrected chi connectivity index (χ4v) is 3.91. The first-order valence-electron chi connectivity index (χ1n) is 8.97. The number of hydrogen-bond acceptors (Lipinski definition) is 2. The van der Waals surface area contributed by atoms with Gasteiger partial charge in [0.15, 0.2) is 0 Å². The number of para-hydroxylation sites is 1. The Balaban J connectivity index is 1.91. The van der Waals surface area contributed by atoms with Gasteiger partial charge in [-0.1, -0.05) is 66.2 Å². The smallest absolute Gasteiger partial charge is 0.257 e. The second kappa shape index (κ2) is 6.63. The number of carbonyl (C=O) groups excluding carboxylic acids is 1. The second-order valence-corrected chi connectivity index (χ2v) is 7.08. The van der Waals surface area contributed by atoms with E-state index in [1.54, 1.807) is 12.3 Å². The van der Waals surface area contributed by atoms with Gasteiger partial charge in [0.2, 0.25) is 0 Å². The molecule has 0 saturated heterocycles. The van der Waals surface area contributed by atoms with Crippen LogP contribution in [0.3, 0.4) is 0 Å². The Morgan fingerprint density at radius 1 is 0.893 bits per heavy atom. The third-order valence-corrected chi connectivity index (χ3v) is 5.18. The van der Waals surface area contributed by atoms with E-state index in [4.69, 9.17) is 11.6 Å². The quantitative estimate of drug-likeness (QED) is 0.445. The number of anilines is 1. The lowest BCUT2D eigenvalue weighted by molar-refractivity contribution is -0.110. The molecule has 0 bridgehead atoms. The van der Waals surface area contributed by atoms with Gasteiger partial charge in [-0.25, -0.2) is 0 Å². The highest BCUT2D eigenvalue weighted by Gasteiger charge is 2.29. The van der Waals surface area contributed by atoms with Crippen LogP contribution < -0.4 is 5.32 Å². The Morgan fingerprint density at radius 3 is 2.57 bits per heavy atom. The number of aromatic nitrogens is 1. The molecule has 1 N–H and O–H groups in total. The van der Waals surface area contributed by atoms with Crippen molar-refractivity contribution in [2.45, 2.75) is 0 Å². The van der Waals surface area contributed by atoms with Crippen molar-refractivity contribution in [2.24, 2.45) is 0 Å². The van der Waals surface area contributed by atoms with E-state index < -0.39 is 0 Å². The maximum atomic E-state index is 13.0. The minimum Gasteiger partial charge on any atom is -0.321 e. The predicted octanol–water partition coefficient (Wildman–Crippen LogP) is 5.80. The predicted molar refractivity (Wildman–Crippen MR) is 114 cm³/mol. The van der Waals surface area contributed by atoms with Gasteiger partial charge in [-0.05, 0) is 29.8 Å². The van der Waals surface area contributed by atoms with Crippen LogP contribution >= 0.6 is 11.6 Å². The molecular weight excluding hydrogens is 368 g/mol. The van der Waals surface area contributed by atoms with Crippen molar-refractivity contribution in [3.05, 3.63) is 107 Å². The molecule has 0 spiro atoms. The number of nitrogens with one attached hydrogen (secondary N) is 1. The Hall–Kier alpha value is -3.43. The standard InChI is InChI=1S/C24H15ClN2O/c25-17-11-12-20-19(14-17)22(24(28)27-20)21(15-6-2-1-3-7-15)18-10-4-8-16-9-5-13-26-23(16)18/h1-14H,(H,27,28)/b22-21+. The van der Waals surface area contributed by atoms with E-state index in [9.17, 15) is 4.79 Å². The van der Waals surface area contributed by atoms with Crippen LogP contribution in [0.5, 0.6) is 0 Å². The van der Waals surface area contributed by atoms with Crippen LogP contribution in [0.4, 0.5) is 5.69 Å². The third kappa shape index (κ3) is 2.68. The molecule has 0 aliphatic carbocycles. The van der Waals surface area contributed by atoms with Crippen LogP contribution in [0.25, 0.3) is 22.0 Å². The first-order valence-corrected chi connectivity index (χ1v) is 9.35. The number of hydrogen-bond donors (Lipinski definition) is 1. The highest BCUT2D eigenvalue weighted by Crippen LogP contribution is 2.42. The summed E-state index contributed by atoms with van der Waals surface area (Å²) < 4.78 is 0. The molecule has 28 heavy (non-hydrogen) atoms. The number of halogens is 1. The fraction of sp³-hybridized carbons (Fsp3) is 0. The van der Waals surface area contributed by atoms with Crippen molar-refractivity contribution < 1.29 is 4.79 Å². The highest BCUT2D eigenvalue weighted by molar-refractivity contribution is 6.39. The summed E-state index contributed by atoms with van der Waals surface area (Å²) in [5.74, 6) is -0.135. The molecule has 1 amide bonds. The summed E-state index contributed by atoms with van der Waals surface area (Å²) in [6.45, 7) is 0. The van der Waals surface area contributed by atoms with E-state index in [0.29, 0.717) is 10.6 Å². The number of carbonyl (C=O) groups is 1. The molecule has 0 radical (unpaired) electrons. The van der Waals surface area contributed by atoms with Crippen LogP contribution in [0, 0.1) is 0 Å². The summed E-state index contributed by atoms with van der Waals surface area (Å²) in [6.07, 6.45) is 1.78. The first-order chi connectivity index (χ1) is 13.7. The van der Waals surface area contributed by atoms with Gasteiger partial charge in [0.05, 0.1) is 11.1 Å². The third-order valence-electron chi connectivity index (χ3n) is 4.94. The van der Waals surface area contributed by atoms with Gasteiger partial charge < -0.3 is 5.32 Å². The Kier molecular flexibility index (Phi) is 3.96. The van der Waals surface area contributed by atoms with Crippen molar-refractivity contribution >= 4 is 45.2 Å². The topological polar surface area (TPSA) is 42.0 Å². The van der Waals surface area contributed by atoms with Gasteiger partial charge in [-0.3, -0.25) is 9.78 Å². The number of amides is 1. The molecule has 0 saturated carbocycles. The maximum Gasteiger partial charge on any atom is 0.257 e. The van der Waals surface area contributed by atoms with E-state index in [1.165, 1.54) is 0 Å². The molecule has 0 fully saturated rings. The van der Waals surface area contributed by atoms with E-state index in [2.05, 4.69) is 10.3 Å². The van der Waals surface area contributed by atoms with Crippen LogP contribution in [0.1, 0.15) is 16.7 Å². The largest absolute Gasteiger partial charge is 0.321 e. The lowest BCUT2D eigenvalue weighted by atomic mass is 9.89. The Labute approximate surface area is 167 Å². The summed E-state index contributed by atoms with van der Waals surface area (Å²) in [5.41, 5.74) is 5.78. The first kappa shape index (κ1) is 16.7. The number of benzene rings is 3. The van der Waals surface area contributed by atoms with Crippen molar-refractivity contribution in [3.63, 3.8) is 0 Å². The average molecular weight is 383 g/mol. The Bertz CT molecular complexity index is 1260. The fourth-order valence-electron chi connectivity index (χ4n) is 3.73. The van der Waals surface area contributed by atoms with Gasteiger partial charge in [0.1, 0.15) is 0 Å². The highest BCUT2D eigenvalue weighted by atomic mass is 35.5. The molecule has 4 aromatic rings. The average Bonchev–Trinajstić information content (AvgIpc) is 3.04. The minimum atomic E-state index is -0.135. The van der Waals surface area contributed by atoms with Crippen molar-refractivity contribution in [2.75, 3.05) is 5.32 Å². The normalized spacial score (nSPS) is 14.7. The molecule has 4 heteroatoms. The molecule has 3 aromatic carbocycles. The molecule has 1 aliphatic heterocycles.